The second kappa shape index (κ2) is 17.9. The fourth-order valence-corrected chi connectivity index (χ4v) is 9.98. The number of benzene rings is 4. The van der Waals surface area contributed by atoms with E-state index in [2.05, 4.69) is 50.7 Å². The maximum Gasteiger partial charge on any atom is 0.312 e. The van der Waals surface area contributed by atoms with E-state index in [4.69, 9.17) is 21.1 Å². The number of rotatable bonds is 13. The molecule has 0 spiro atoms. The van der Waals surface area contributed by atoms with E-state index in [1.54, 1.807) is 37.4 Å². The summed E-state index contributed by atoms with van der Waals surface area (Å²) in [6.45, 7) is 10.6. The summed E-state index contributed by atoms with van der Waals surface area (Å²) in [6, 6.07) is 21.9. The smallest absolute Gasteiger partial charge is 0.312 e. The molecule has 332 valence electrons. The molecule has 0 unspecified atom stereocenters. The van der Waals surface area contributed by atoms with Crippen LogP contribution in [-0.4, -0.2) is 84.4 Å². The van der Waals surface area contributed by atoms with Gasteiger partial charge < -0.3 is 19.5 Å². The van der Waals surface area contributed by atoms with Crippen molar-refractivity contribution in [3.05, 3.63) is 117 Å². The SMILES string of the molecule is CC1(C)CCC(CN2CCN(c3ccc(C(=O)NS(=O)(=O)c4ccc(OC[C@H]5CC[C@@](C)(O)CC5)c([N+](=O)[O-])c4)c(Oc4cccc5[nH]ncc45)c3)CC2)=C(c2ccc(Cl)cc2)C1. The van der Waals surface area contributed by atoms with Gasteiger partial charge in [-0.3, -0.25) is 24.9 Å². The van der Waals surface area contributed by atoms with Crippen molar-refractivity contribution in [1.82, 2.24) is 19.8 Å². The Kier molecular flexibility index (Phi) is 12.6. The molecule has 3 aliphatic rings. The molecule has 14 nitrogen and oxygen atoms in total. The van der Waals surface area contributed by atoms with Crippen LogP contribution in [0.1, 0.15) is 81.6 Å². The topological polar surface area (TPSA) is 180 Å². The number of halogens is 1. The molecule has 16 heteroatoms. The van der Waals surface area contributed by atoms with Crippen molar-refractivity contribution in [1.29, 1.82) is 0 Å². The van der Waals surface area contributed by atoms with Crippen molar-refractivity contribution in [2.24, 2.45) is 11.3 Å². The minimum Gasteiger partial charge on any atom is -0.487 e. The van der Waals surface area contributed by atoms with Crippen LogP contribution >= 0.6 is 11.6 Å². The monoisotopic (exact) mass is 896 g/mol. The summed E-state index contributed by atoms with van der Waals surface area (Å²) in [5.74, 6) is -0.436. The van der Waals surface area contributed by atoms with Gasteiger partial charge in [0.1, 0.15) is 11.5 Å². The normalized spacial score (nSPS) is 20.7. The number of piperazine rings is 1. The highest BCUT2D eigenvalue weighted by molar-refractivity contribution is 7.90. The lowest BCUT2D eigenvalue weighted by Crippen LogP contribution is -2.47. The number of amides is 1. The molecule has 0 radical (unpaired) electrons. The fraction of sp³-hybridized carbons (Fsp3) is 0.404. The summed E-state index contributed by atoms with van der Waals surface area (Å²) >= 11 is 6.24. The number of hydrogen-bond donors (Lipinski definition) is 3. The van der Waals surface area contributed by atoms with Crippen molar-refractivity contribution in [3.8, 4) is 17.2 Å². The summed E-state index contributed by atoms with van der Waals surface area (Å²) in [6.07, 6.45) is 7.37. The van der Waals surface area contributed by atoms with E-state index in [9.17, 15) is 28.4 Å². The summed E-state index contributed by atoms with van der Waals surface area (Å²) in [5.41, 5.74) is 4.49. The lowest BCUT2D eigenvalue weighted by Gasteiger charge is -2.39. The van der Waals surface area contributed by atoms with Crippen LogP contribution in [0.25, 0.3) is 16.5 Å². The van der Waals surface area contributed by atoms with Crippen molar-refractivity contribution < 1.29 is 32.7 Å². The van der Waals surface area contributed by atoms with Crippen molar-refractivity contribution in [2.75, 3.05) is 44.2 Å². The lowest BCUT2D eigenvalue weighted by molar-refractivity contribution is -0.386. The zero-order chi connectivity index (χ0) is 44.5. The molecule has 2 aliphatic carbocycles. The molecule has 1 saturated heterocycles. The van der Waals surface area contributed by atoms with Gasteiger partial charge in [0.2, 0.25) is 0 Å². The number of carbonyl (C=O) groups is 1. The molecule has 0 atom stereocenters. The molecule has 4 aromatic carbocycles. The molecule has 8 rings (SSSR count). The number of nitro benzene ring substituents is 1. The van der Waals surface area contributed by atoms with Gasteiger partial charge in [0, 0.05) is 55.6 Å². The van der Waals surface area contributed by atoms with Crippen LogP contribution in [-0.2, 0) is 10.0 Å². The van der Waals surface area contributed by atoms with E-state index in [-0.39, 0.29) is 35.0 Å². The third-order valence-corrected chi connectivity index (χ3v) is 14.3. The molecule has 63 heavy (non-hydrogen) atoms. The standard InChI is InChI=1S/C47H53ClN6O8S/c1-46(2)18-17-33(38(27-46)32-7-9-34(48)10-8-32)29-52-21-23-53(24-22-52)35-11-13-37(44(25-35)62-42-6-4-5-40-39(42)28-49-50-40)45(55)51-63(59,60)36-12-14-43(41(26-36)54(57)58)61-30-31-15-19-47(3,56)20-16-31/h4-14,25-26,28,31,56H,15-24,27,29-30H2,1-3H3,(H,49,50)(H,51,55)/t31-,47+. The van der Waals surface area contributed by atoms with Gasteiger partial charge in [0.25, 0.3) is 15.9 Å². The molecular formula is C47H53ClN6O8S. The predicted octanol–water partition coefficient (Wildman–Crippen LogP) is 9.14. The van der Waals surface area contributed by atoms with E-state index >= 15 is 0 Å². The fourth-order valence-electron chi connectivity index (χ4n) is 8.87. The van der Waals surface area contributed by atoms with Gasteiger partial charge in [-0.25, -0.2) is 13.1 Å². The Labute approximate surface area is 372 Å². The van der Waals surface area contributed by atoms with Crippen LogP contribution in [0.3, 0.4) is 0 Å². The summed E-state index contributed by atoms with van der Waals surface area (Å²) in [5, 5.41) is 30.8. The first kappa shape index (κ1) is 44.1. The first-order valence-electron chi connectivity index (χ1n) is 21.4. The van der Waals surface area contributed by atoms with Crippen molar-refractivity contribution >= 4 is 55.4 Å². The van der Waals surface area contributed by atoms with Crippen LogP contribution in [0, 0.1) is 21.4 Å². The number of H-pyrrole nitrogens is 1. The number of fused-ring (bicyclic) bond motifs is 1. The molecule has 2 fully saturated rings. The van der Waals surface area contributed by atoms with Gasteiger partial charge in [-0.1, -0.05) is 49.2 Å². The van der Waals surface area contributed by atoms with Gasteiger partial charge in [0.05, 0.1) is 44.7 Å². The van der Waals surface area contributed by atoms with Crippen molar-refractivity contribution in [3.63, 3.8) is 0 Å². The first-order chi connectivity index (χ1) is 30.0. The molecule has 1 amide bonds. The number of nitrogens with one attached hydrogen (secondary N) is 2. The molecule has 2 heterocycles. The lowest BCUT2D eigenvalue weighted by atomic mass is 9.72. The average Bonchev–Trinajstić information content (AvgIpc) is 3.74. The van der Waals surface area contributed by atoms with Crippen LogP contribution in [0.5, 0.6) is 17.2 Å². The minimum atomic E-state index is -4.61. The van der Waals surface area contributed by atoms with Gasteiger partial charge in [0.15, 0.2) is 5.75 Å². The maximum atomic E-state index is 14.0. The number of hydrogen-bond acceptors (Lipinski definition) is 11. The number of aromatic nitrogens is 2. The zero-order valence-corrected chi connectivity index (χ0v) is 37.3. The van der Waals surface area contributed by atoms with Crippen LogP contribution in [0.4, 0.5) is 11.4 Å². The number of carbonyl (C=O) groups excluding carboxylic acids is 1. The van der Waals surface area contributed by atoms with E-state index in [1.807, 2.05) is 18.2 Å². The minimum absolute atomic E-state index is 0.0516. The number of nitrogens with zero attached hydrogens (tertiary/aromatic N) is 4. The Balaban J connectivity index is 1.00. The van der Waals surface area contributed by atoms with E-state index in [0.29, 0.717) is 55.4 Å². The molecule has 1 aromatic heterocycles. The first-order valence-corrected chi connectivity index (χ1v) is 23.3. The van der Waals surface area contributed by atoms with E-state index in [1.165, 1.54) is 34.9 Å². The molecule has 1 aliphatic heterocycles. The van der Waals surface area contributed by atoms with Gasteiger partial charge in [-0.05, 0) is 123 Å². The second-order valence-electron chi connectivity index (χ2n) is 18.1. The largest absolute Gasteiger partial charge is 0.487 e. The average molecular weight is 897 g/mol. The molecule has 0 bridgehead atoms. The Morgan fingerprint density at radius 1 is 0.968 bits per heavy atom. The summed E-state index contributed by atoms with van der Waals surface area (Å²) < 4.78 is 41.8. The highest BCUT2D eigenvalue weighted by Crippen LogP contribution is 2.44. The number of nitro groups is 1. The highest BCUT2D eigenvalue weighted by Gasteiger charge is 2.32. The van der Waals surface area contributed by atoms with Crippen molar-refractivity contribution in [2.45, 2.75) is 76.2 Å². The molecular weight excluding hydrogens is 844 g/mol. The molecule has 5 aromatic rings. The molecule has 1 saturated carbocycles. The van der Waals surface area contributed by atoms with Crippen LogP contribution in [0.2, 0.25) is 5.02 Å². The third-order valence-electron chi connectivity index (χ3n) is 12.7. The number of allylic oxidation sites excluding steroid dienone is 1. The van der Waals surface area contributed by atoms with Gasteiger partial charge in [-0.2, -0.15) is 5.10 Å². The van der Waals surface area contributed by atoms with Gasteiger partial charge >= 0.3 is 5.69 Å². The maximum absolute atomic E-state index is 14.0. The van der Waals surface area contributed by atoms with Crippen LogP contribution < -0.4 is 19.1 Å². The number of anilines is 1. The Morgan fingerprint density at radius 3 is 2.44 bits per heavy atom. The van der Waals surface area contributed by atoms with Crippen LogP contribution in [0.15, 0.2) is 95.5 Å². The highest BCUT2D eigenvalue weighted by atomic mass is 35.5. The Morgan fingerprint density at radius 2 is 1.71 bits per heavy atom. The predicted molar refractivity (Wildman–Crippen MR) is 243 cm³/mol. The van der Waals surface area contributed by atoms with E-state index < -0.39 is 37.0 Å². The number of sulfonamides is 1. The van der Waals surface area contributed by atoms with Gasteiger partial charge in [-0.15, -0.1) is 0 Å². The Hall–Kier alpha value is -5.48. The number of ether oxygens (including phenoxy) is 2. The summed E-state index contributed by atoms with van der Waals surface area (Å²) in [4.78, 5) is 29.6. The number of aliphatic hydroxyl groups is 1. The second-order valence-corrected chi connectivity index (χ2v) is 20.3. The Bertz CT molecular complexity index is 2650. The number of aromatic amines is 1. The zero-order valence-electron chi connectivity index (χ0n) is 35.7. The van der Waals surface area contributed by atoms with E-state index in [0.717, 1.165) is 55.7 Å². The summed E-state index contributed by atoms with van der Waals surface area (Å²) in [7, 11) is -4.61. The quantitative estimate of drug-likeness (QED) is 0.0758. The third kappa shape index (κ3) is 10.3. The molecule has 3 N–H and O–H groups in total.